The topological polar surface area (TPSA) is 59.5 Å². The fraction of sp³-hybridized carbons (Fsp3) is 0.417. The van der Waals surface area contributed by atoms with Crippen LogP contribution in [0.5, 0.6) is 0 Å². The van der Waals surface area contributed by atoms with E-state index in [1.165, 1.54) is 12.0 Å². The number of aromatic nitrogens is 1. The van der Waals surface area contributed by atoms with Gasteiger partial charge in [-0.3, -0.25) is 9.59 Å². The van der Waals surface area contributed by atoms with Crippen LogP contribution in [0.1, 0.15) is 12.1 Å². The Hall–Kier alpha value is -1.14. The highest BCUT2D eigenvalue weighted by Gasteiger charge is 2.37. The third kappa shape index (κ3) is 2.74. The Morgan fingerprint density at radius 3 is 2.95 bits per heavy atom. The van der Waals surface area contributed by atoms with Gasteiger partial charge in [0.2, 0.25) is 5.91 Å². The minimum absolute atomic E-state index is 0.133. The molecule has 0 spiro atoms. The number of hydrogen-bond donors (Lipinski definition) is 0. The summed E-state index contributed by atoms with van der Waals surface area (Å²) in [6.07, 6.45) is 0.133. The molecule has 1 aromatic heterocycles. The standard InChI is InChI=1S/C12H12BrClN2O3/c1-6-8(13)4-9(11(14)15-6)16-5-7(3-10(16)17)12(18)19-2/h4,7H,3,5H2,1-2H3. The maximum atomic E-state index is 12.0. The van der Waals surface area contributed by atoms with E-state index in [0.717, 1.165) is 10.2 Å². The third-order valence-corrected chi connectivity index (χ3v) is 4.12. The lowest BCUT2D eigenvalue weighted by Crippen LogP contribution is -2.26. The van der Waals surface area contributed by atoms with Crippen LogP contribution < -0.4 is 4.90 Å². The van der Waals surface area contributed by atoms with Crippen molar-refractivity contribution >= 4 is 45.1 Å². The van der Waals surface area contributed by atoms with Gasteiger partial charge in [0.15, 0.2) is 5.15 Å². The van der Waals surface area contributed by atoms with E-state index in [1.54, 1.807) is 6.07 Å². The second-order valence-corrected chi connectivity index (χ2v) is 5.51. The van der Waals surface area contributed by atoms with Gasteiger partial charge in [-0.25, -0.2) is 4.98 Å². The van der Waals surface area contributed by atoms with Gasteiger partial charge >= 0.3 is 5.97 Å². The molecule has 1 atom stereocenters. The van der Waals surface area contributed by atoms with Crippen LogP contribution >= 0.6 is 27.5 Å². The van der Waals surface area contributed by atoms with Gasteiger partial charge in [-0.1, -0.05) is 11.6 Å². The first kappa shape index (κ1) is 14.3. The Kier molecular flexibility index (Phi) is 4.10. The molecular formula is C12H12BrClN2O3. The molecule has 2 rings (SSSR count). The molecule has 1 aromatic rings. The smallest absolute Gasteiger partial charge is 0.311 e. The summed E-state index contributed by atoms with van der Waals surface area (Å²) in [6, 6.07) is 1.74. The molecule has 5 nitrogen and oxygen atoms in total. The molecule has 1 fully saturated rings. The number of carbonyl (C=O) groups is 2. The van der Waals surface area contributed by atoms with Crippen molar-refractivity contribution in [3.8, 4) is 0 Å². The maximum Gasteiger partial charge on any atom is 0.311 e. The van der Waals surface area contributed by atoms with Crippen molar-refractivity contribution in [2.24, 2.45) is 5.92 Å². The van der Waals surface area contributed by atoms with Gasteiger partial charge in [-0.2, -0.15) is 0 Å². The number of ether oxygens (including phenoxy) is 1. The number of hydrogen-bond acceptors (Lipinski definition) is 4. The molecule has 0 radical (unpaired) electrons. The van der Waals surface area contributed by atoms with Crippen molar-refractivity contribution in [1.29, 1.82) is 0 Å². The molecule has 0 aliphatic carbocycles. The first-order chi connectivity index (χ1) is 8.93. The van der Waals surface area contributed by atoms with Crippen LogP contribution in [0.25, 0.3) is 0 Å². The number of halogens is 2. The van der Waals surface area contributed by atoms with Gasteiger partial charge in [0.05, 0.1) is 24.4 Å². The lowest BCUT2D eigenvalue weighted by Gasteiger charge is -2.18. The van der Waals surface area contributed by atoms with Crippen LogP contribution in [0, 0.1) is 12.8 Å². The van der Waals surface area contributed by atoms with Crippen LogP contribution in [-0.2, 0) is 14.3 Å². The highest BCUT2D eigenvalue weighted by Crippen LogP contribution is 2.33. The van der Waals surface area contributed by atoms with E-state index in [0.29, 0.717) is 5.69 Å². The second-order valence-electron chi connectivity index (χ2n) is 4.29. The Morgan fingerprint density at radius 2 is 2.32 bits per heavy atom. The van der Waals surface area contributed by atoms with Crippen LogP contribution in [0.2, 0.25) is 5.15 Å². The third-order valence-electron chi connectivity index (χ3n) is 3.04. The quantitative estimate of drug-likeness (QED) is 0.608. The molecule has 0 N–H and O–H groups in total. The van der Waals surface area contributed by atoms with Gasteiger partial charge in [0, 0.05) is 17.4 Å². The Bertz CT molecular complexity index is 550. The number of anilines is 1. The van der Waals surface area contributed by atoms with Crippen LogP contribution in [-0.4, -0.2) is 30.5 Å². The Balaban J connectivity index is 2.30. The lowest BCUT2D eigenvalue weighted by molar-refractivity contribution is -0.145. The summed E-state index contributed by atoms with van der Waals surface area (Å²) in [5, 5.41) is 0.250. The number of nitrogens with zero attached hydrogens (tertiary/aromatic N) is 2. The SMILES string of the molecule is COC(=O)C1CC(=O)N(c2cc(Br)c(C)nc2Cl)C1. The minimum Gasteiger partial charge on any atom is -0.469 e. The van der Waals surface area contributed by atoms with Crippen LogP contribution in [0.3, 0.4) is 0 Å². The van der Waals surface area contributed by atoms with E-state index in [9.17, 15) is 9.59 Å². The van der Waals surface area contributed by atoms with Crippen molar-refractivity contribution < 1.29 is 14.3 Å². The zero-order chi connectivity index (χ0) is 14.2. The first-order valence-electron chi connectivity index (χ1n) is 5.65. The van der Waals surface area contributed by atoms with Crippen molar-refractivity contribution in [2.75, 3.05) is 18.6 Å². The number of methoxy groups -OCH3 is 1. The summed E-state index contributed by atoms with van der Waals surface area (Å²) in [4.78, 5) is 29.1. The molecule has 1 aliphatic heterocycles. The Morgan fingerprint density at radius 1 is 1.63 bits per heavy atom. The molecule has 0 aromatic carbocycles. The summed E-state index contributed by atoms with van der Waals surface area (Å²) >= 11 is 9.42. The highest BCUT2D eigenvalue weighted by atomic mass is 79.9. The Labute approximate surface area is 124 Å². The fourth-order valence-corrected chi connectivity index (χ4v) is 2.59. The molecule has 0 bridgehead atoms. The van der Waals surface area contributed by atoms with Gasteiger partial charge in [0.1, 0.15) is 0 Å². The predicted octanol–water partition coefficient (Wildman–Crippen LogP) is 2.33. The molecular weight excluding hydrogens is 336 g/mol. The summed E-state index contributed by atoms with van der Waals surface area (Å²) in [5.74, 6) is -0.991. The first-order valence-corrected chi connectivity index (χ1v) is 6.82. The summed E-state index contributed by atoms with van der Waals surface area (Å²) in [5.41, 5.74) is 1.25. The largest absolute Gasteiger partial charge is 0.469 e. The van der Waals surface area contributed by atoms with Crippen molar-refractivity contribution in [1.82, 2.24) is 4.98 Å². The van der Waals surface area contributed by atoms with Crippen molar-refractivity contribution in [2.45, 2.75) is 13.3 Å². The highest BCUT2D eigenvalue weighted by molar-refractivity contribution is 9.10. The fourth-order valence-electron chi connectivity index (χ4n) is 2.00. The summed E-state index contributed by atoms with van der Waals surface area (Å²) in [7, 11) is 1.31. The molecule has 19 heavy (non-hydrogen) atoms. The zero-order valence-corrected chi connectivity index (χ0v) is 12.8. The zero-order valence-electron chi connectivity index (χ0n) is 10.4. The van der Waals surface area contributed by atoms with Gasteiger partial charge in [-0.05, 0) is 28.9 Å². The molecule has 1 aliphatic rings. The van der Waals surface area contributed by atoms with Gasteiger partial charge in [-0.15, -0.1) is 0 Å². The molecule has 2 heterocycles. The van der Waals surface area contributed by atoms with E-state index < -0.39 is 5.92 Å². The summed E-state index contributed by atoms with van der Waals surface area (Å²) in [6.45, 7) is 2.07. The molecule has 1 amide bonds. The lowest BCUT2D eigenvalue weighted by atomic mass is 10.1. The molecule has 7 heteroatoms. The number of rotatable bonds is 2. The second kappa shape index (κ2) is 5.46. The molecule has 0 saturated carbocycles. The van der Waals surface area contributed by atoms with Crippen molar-refractivity contribution in [3.63, 3.8) is 0 Å². The average molecular weight is 348 g/mol. The number of pyridine rings is 1. The van der Waals surface area contributed by atoms with Crippen LogP contribution in [0.15, 0.2) is 10.5 Å². The average Bonchev–Trinajstić information content (AvgIpc) is 2.75. The minimum atomic E-state index is -0.450. The van der Waals surface area contributed by atoms with E-state index in [2.05, 4.69) is 25.7 Å². The number of aryl methyl sites for hydroxylation is 1. The number of esters is 1. The molecule has 1 unspecified atom stereocenters. The predicted molar refractivity (Wildman–Crippen MR) is 74.2 cm³/mol. The van der Waals surface area contributed by atoms with E-state index in [-0.39, 0.29) is 30.0 Å². The van der Waals surface area contributed by atoms with Gasteiger partial charge < -0.3 is 9.64 Å². The normalized spacial score (nSPS) is 18.8. The molecule has 1 saturated heterocycles. The summed E-state index contributed by atoms with van der Waals surface area (Å²) < 4.78 is 5.43. The monoisotopic (exact) mass is 346 g/mol. The van der Waals surface area contributed by atoms with E-state index in [1.807, 2.05) is 6.92 Å². The van der Waals surface area contributed by atoms with Crippen LogP contribution in [0.4, 0.5) is 5.69 Å². The number of amides is 1. The van der Waals surface area contributed by atoms with Gasteiger partial charge in [0.25, 0.3) is 0 Å². The van der Waals surface area contributed by atoms with Crippen molar-refractivity contribution in [3.05, 3.63) is 21.4 Å². The van der Waals surface area contributed by atoms with E-state index in [4.69, 9.17) is 11.6 Å². The molecule has 102 valence electrons. The number of carbonyl (C=O) groups excluding carboxylic acids is 2. The maximum absolute atomic E-state index is 12.0. The van der Waals surface area contributed by atoms with E-state index >= 15 is 0 Å².